The summed E-state index contributed by atoms with van der Waals surface area (Å²) in [4.78, 5) is 33.2. The van der Waals surface area contributed by atoms with Crippen molar-refractivity contribution in [3.63, 3.8) is 0 Å². The summed E-state index contributed by atoms with van der Waals surface area (Å²) in [5.41, 5.74) is 3.33. The Hall–Kier alpha value is -4.24. The molecule has 0 radical (unpaired) electrons. The fourth-order valence-electron chi connectivity index (χ4n) is 3.14. The molecule has 4 aromatic rings. The van der Waals surface area contributed by atoms with E-state index < -0.39 is 5.97 Å². The number of benzene rings is 2. The first-order chi connectivity index (χ1) is 15.1. The van der Waals surface area contributed by atoms with Crippen molar-refractivity contribution in [1.29, 1.82) is 0 Å². The number of rotatable bonds is 4. The SMILES string of the molecule is COC(=O)c1ccc(Cn2cnc3cnc(C#CCc4ccccc4)cc3c2=O)cc1. The lowest BCUT2D eigenvalue weighted by atomic mass is 10.1. The number of carbonyl (C=O) groups excluding carboxylic acids is 1. The van der Waals surface area contributed by atoms with Crippen molar-refractivity contribution in [2.24, 2.45) is 0 Å². The van der Waals surface area contributed by atoms with Crippen molar-refractivity contribution in [3.05, 3.63) is 106 Å². The Morgan fingerprint density at radius 2 is 1.81 bits per heavy atom. The van der Waals surface area contributed by atoms with Crippen LogP contribution in [-0.2, 0) is 17.7 Å². The van der Waals surface area contributed by atoms with Gasteiger partial charge in [-0.3, -0.25) is 9.36 Å². The second kappa shape index (κ2) is 9.06. The highest BCUT2D eigenvalue weighted by atomic mass is 16.5. The number of ether oxygens (including phenoxy) is 1. The average Bonchev–Trinajstić information content (AvgIpc) is 2.82. The minimum atomic E-state index is -0.399. The molecule has 0 fully saturated rings. The van der Waals surface area contributed by atoms with Crippen LogP contribution >= 0.6 is 0 Å². The topological polar surface area (TPSA) is 74.1 Å². The molecule has 2 heterocycles. The molecule has 0 saturated carbocycles. The van der Waals surface area contributed by atoms with Crippen LogP contribution in [-0.4, -0.2) is 27.6 Å². The predicted octanol–water partition coefficient (Wildman–Crippen LogP) is 3.22. The molecule has 6 heteroatoms. The number of hydrogen-bond donors (Lipinski definition) is 0. The summed E-state index contributed by atoms with van der Waals surface area (Å²) >= 11 is 0. The number of esters is 1. The van der Waals surface area contributed by atoms with Crippen LogP contribution in [0.25, 0.3) is 10.9 Å². The standard InChI is InChI=1S/C25H19N3O3/c1-31-25(30)20-12-10-19(11-13-20)16-28-17-27-23-15-26-21(14-22(23)24(28)29)9-5-8-18-6-3-2-4-7-18/h2-4,6-7,10-15,17H,8,16H2,1H3. The highest BCUT2D eigenvalue weighted by Gasteiger charge is 2.08. The molecule has 2 aromatic carbocycles. The number of carbonyl (C=O) groups is 1. The maximum Gasteiger partial charge on any atom is 0.337 e. The lowest BCUT2D eigenvalue weighted by Crippen LogP contribution is -2.21. The van der Waals surface area contributed by atoms with Gasteiger partial charge < -0.3 is 4.74 Å². The maximum atomic E-state index is 13.0. The van der Waals surface area contributed by atoms with Gasteiger partial charge in [0.25, 0.3) is 5.56 Å². The van der Waals surface area contributed by atoms with E-state index in [1.165, 1.54) is 18.0 Å². The molecule has 0 saturated heterocycles. The Kier molecular flexibility index (Phi) is 5.86. The van der Waals surface area contributed by atoms with Crippen LogP contribution in [0.4, 0.5) is 0 Å². The Morgan fingerprint density at radius 1 is 1.03 bits per heavy atom. The van der Waals surface area contributed by atoms with E-state index in [4.69, 9.17) is 4.74 Å². The van der Waals surface area contributed by atoms with E-state index in [1.807, 2.05) is 30.3 Å². The van der Waals surface area contributed by atoms with Crippen LogP contribution in [0.5, 0.6) is 0 Å². The zero-order valence-corrected chi connectivity index (χ0v) is 16.9. The smallest absolute Gasteiger partial charge is 0.337 e. The quantitative estimate of drug-likeness (QED) is 0.382. The number of aromatic nitrogens is 3. The Balaban J connectivity index is 1.58. The highest BCUT2D eigenvalue weighted by Crippen LogP contribution is 2.10. The van der Waals surface area contributed by atoms with Gasteiger partial charge in [0.2, 0.25) is 0 Å². The molecule has 0 aliphatic rings. The molecule has 0 bridgehead atoms. The van der Waals surface area contributed by atoms with E-state index in [0.29, 0.717) is 35.1 Å². The second-order valence-electron chi connectivity index (χ2n) is 6.92. The van der Waals surface area contributed by atoms with Crippen LogP contribution in [0, 0.1) is 11.8 Å². The van der Waals surface area contributed by atoms with E-state index in [1.54, 1.807) is 36.5 Å². The van der Waals surface area contributed by atoms with Crippen molar-refractivity contribution in [2.45, 2.75) is 13.0 Å². The van der Waals surface area contributed by atoms with Crippen molar-refractivity contribution in [2.75, 3.05) is 7.11 Å². The summed E-state index contributed by atoms with van der Waals surface area (Å²) in [6.07, 6.45) is 3.68. The monoisotopic (exact) mass is 409 g/mol. The molecule has 0 amide bonds. The number of nitrogens with zero attached hydrogens (tertiary/aromatic N) is 3. The van der Waals surface area contributed by atoms with Gasteiger partial charge in [0.15, 0.2) is 0 Å². The molecule has 0 unspecified atom stereocenters. The van der Waals surface area contributed by atoms with Gasteiger partial charge in [-0.2, -0.15) is 0 Å². The molecule has 0 atom stereocenters. The van der Waals surface area contributed by atoms with Crippen LogP contribution < -0.4 is 5.56 Å². The van der Waals surface area contributed by atoms with E-state index in [-0.39, 0.29) is 5.56 Å². The molecule has 2 aromatic heterocycles. The first kappa shape index (κ1) is 20.0. The number of hydrogen-bond acceptors (Lipinski definition) is 5. The molecule has 6 nitrogen and oxygen atoms in total. The summed E-state index contributed by atoms with van der Waals surface area (Å²) in [7, 11) is 1.34. The molecule has 152 valence electrons. The molecule has 31 heavy (non-hydrogen) atoms. The summed E-state index contributed by atoms with van der Waals surface area (Å²) in [6, 6.07) is 18.5. The first-order valence-corrected chi connectivity index (χ1v) is 9.69. The first-order valence-electron chi connectivity index (χ1n) is 9.69. The van der Waals surface area contributed by atoms with Crippen LogP contribution in [0.3, 0.4) is 0 Å². The van der Waals surface area contributed by atoms with Gasteiger partial charge >= 0.3 is 5.97 Å². The summed E-state index contributed by atoms with van der Waals surface area (Å²) in [5, 5.41) is 0.465. The van der Waals surface area contributed by atoms with Crippen molar-refractivity contribution in [1.82, 2.24) is 14.5 Å². The number of fused-ring (bicyclic) bond motifs is 1. The normalized spacial score (nSPS) is 10.4. The maximum absolute atomic E-state index is 13.0. The molecular weight excluding hydrogens is 390 g/mol. The lowest BCUT2D eigenvalue weighted by molar-refractivity contribution is 0.0600. The third-order valence-corrected chi connectivity index (χ3v) is 4.79. The van der Waals surface area contributed by atoms with Crippen molar-refractivity contribution < 1.29 is 9.53 Å². The molecule has 0 aliphatic heterocycles. The minimum absolute atomic E-state index is 0.171. The van der Waals surface area contributed by atoms with Crippen LogP contribution in [0.2, 0.25) is 0 Å². The highest BCUT2D eigenvalue weighted by molar-refractivity contribution is 5.89. The van der Waals surface area contributed by atoms with E-state index in [2.05, 4.69) is 21.8 Å². The zero-order valence-electron chi connectivity index (χ0n) is 16.9. The van der Waals surface area contributed by atoms with Crippen molar-refractivity contribution in [3.8, 4) is 11.8 Å². The largest absolute Gasteiger partial charge is 0.465 e. The van der Waals surface area contributed by atoms with Gasteiger partial charge in [-0.1, -0.05) is 48.4 Å². The second-order valence-corrected chi connectivity index (χ2v) is 6.92. The zero-order chi connectivity index (χ0) is 21.6. The van der Waals surface area contributed by atoms with Gasteiger partial charge in [-0.05, 0) is 35.2 Å². The van der Waals surface area contributed by atoms with Crippen LogP contribution in [0.15, 0.2) is 78.0 Å². The van der Waals surface area contributed by atoms with E-state index in [9.17, 15) is 9.59 Å². The Labute approximate surface area is 179 Å². The number of pyridine rings is 1. The fraction of sp³-hybridized carbons (Fsp3) is 0.120. The van der Waals surface area contributed by atoms with Gasteiger partial charge in [0, 0.05) is 6.42 Å². The number of methoxy groups -OCH3 is 1. The molecule has 4 rings (SSSR count). The van der Waals surface area contributed by atoms with Crippen molar-refractivity contribution >= 4 is 16.9 Å². The fourth-order valence-corrected chi connectivity index (χ4v) is 3.14. The molecule has 0 N–H and O–H groups in total. The third kappa shape index (κ3) is 4.68. The predicted molar refractivity (Wildman–Crippen MR) is 118 cm³/mol. The Morgan fingerprint density at radius 3 is 2.55 bits per heavy atom. The van der Waals surface area contributed by atoms with Gasteiger partial charge in [-0.15, -0.1) is 0 Å². The van der Waals surface area contributed by atoms with Crippen LogP contribution in [0.1, 0.15) is 27.2 Å². The molecule has 0 spiro atoms. The van der Waals surface area contributed by atoms with E-state index in [0.717, 1.165) is 11.1 Å². The lowest BCUT2D eigenvalue weighted by Gasteiger charge is -2.07. The summed E-state index contributed by atoms with van der Waals surface area (Å²) in [5.74, 6) is 5.72. The van der Waals surface area contributed by atoms with E-state index >= 15 is 0 Å². The summed E-state index contributed by atoms with van der Waals surface area (Å²) < 4.78 is 6.23. The minimum Gasteiger partial charge on any atom is -0.465 e. The Bertz CT molecular complexity index is 1350. The average molecular weight is 409 g/mol. The third-order valence-electron chi connectivity index (χ3n) is 4.79. The molecular formula is C25H19N3O3. The van der Waals surface area contributed by atoms with Gasteiger partial charge in [0.05, 0.1) is 42.6 Å². The van der Waals surface area contributed by atoms with Gasteiger partial charge in [-0.25, -0.2) is 14.8 Å². The summed E-state index contributed by atoms with van der Waals surface area (Å²) in [6.45, 7) is 0.334. The van der Waals surface area contributed by atoms with Gasteiger partial charge in [0.1, 0.15) is 5.69 Å². The molecule has 0 aliphatic carbocycles.